The summed E-state index contributed by atoms with van der Waals surface area (Å²) < 4.78 is 12.9. The minimum absolute atomic E-state index is 0.00192. The summed E-state index contributed by atoms with van der Waals surface area (Å²) in [5, 5.41) is 15.2. The molecule has 2 aliphatic rings. The molecule has 1 aromatic rings. The number of hydrogen-bond acceptors (Lipinski definition) is 4. The van der Waals surface area contributed by atoms with E-state index in [2.05, 4.69) is 10.1 Å². The van der Waals surface area contributed by atoms with Crippen molar-refractivity contribution in [2.45, 2.75) is 19.8 Å². The molecule has 1 N–H and O–H groups in total. The molecule has 5 nitrogen and oxygen atoms in total. The monoisotopic (exact) mass is 316 g/mol. The molecular formula is C15H13FN4OS. The van der Waals surface area contributed by atoms with Gasteiger partial charge in [0.1, 0.15) is 10.9 Å². The lowest BCUT2D eigenvalue weighted by Gasteiger charge is -2.20. The third-order valence-electron chi connectivity index (χ3n) is 3.14. The fraction of sp³-hybridized carbons (Fsp3) is 0.200. The molecule has 1 aromatic carbocycles. The first-order valence-corrected chi connectivity index (χ1v) is 7.65. The molecule has 2 heterocycles. The molecule has 0 atom stereocenters. The minimum atomic E-state index is -0.471. The summed E-state index contributed by atoms with van der Waals surface area (Å²) in [6.07, 6.45) is 3.26. The van der Waals surface area contributed by atoms with Crippen molar-refractivity contribution in [1.29, 1.82) is 5.41 Å². The van der Waals surface area contributed by atoms with Crippen molar-refractivity contribution in [2.24, 2.45) is 10.1 Å². The predicted octanol–water partition coefficient (Wildman–Crippen LogP) is 3.24. The average Bonchev–Trinajstić information content (AvgIpc) is 2.88. The number of carbonyl (C=O) groups is 1. The van der Waals surface area contributed by atoms with E-state index in [4.69, 9.17) is 5.41 Å². The number of nitrogens with zero attached hydrogens (tertiary/aromatic N) is 3. The second-order valence-corrected chi connectivity index (χ2v) is 5.86. The highest BCUT2D eigenvalue weighted by molar-refractivity contribution is 8.26. The summed E-state index contributed by atoms with van der Waals surface area (Å²) in [7, 11) is 0. The summed E-state index contributed by atoms with van der Waals surface area (Å²) in [5.74, 6) is -0.823. The maximum Gasteiger partial charge on any atom is 0.283 e. The maximum atomic E-state index is 12.9. The number of amidine groups is 2. The van der Waals surface area contributed by atoms with Crippen molar-refractivity contribution in [3.8, 4) is 0 Å². The van der Waals surface area contributed by atoms with Gasteiger partial charge in [-0.1, -0.05) is 19.1 Å². The van der Waals surface area contributed by atoms with Gasteiger partial charge in [-0.2, -0.15) is 15.1 Å². The van der Waals surface area contributed by atoms with E-state index in [0.717, 1.165) is 17.9 Å². The van der Waals surface area contributed by atoms with Crippen LogP contribution in [0.4, 0.5) is 4.39 Å². The SMILES string of the molecule is CCCC1=NN2C(=N)C(=Cc3ccc(F)cc3)C(=O)N=C2S1. The zero-order valence-corrected chi connectivity index (χ0v) is 12.7. The van der Waals surface area contributed by atoms with Crippen LogP contribution in [0.1, 0.15) is 25.3 Å². The number of carbonyl (C=O) groups excluding carboxylic acids is 1. The van der Waals surface area contributed by atoms with Crippen LogP contribution in [0.3, 0.4) is 0 Å². The molecule has 0 saturated carbocycles. The normalized spacial score (nSPS) is 19.4. The number of nitrogens with one attached hydrogen (secondary N) is 1. The number of hydrogen-bond donors (Lipinski definition) is 1. The topological polar surface area (TPSA) is 68.9 Å². The second-order valence-electron chi connectivity index (χ2n) is 4.82. The lowest BCUT2D eigenvalue weighted by Crippen LogP contribution is -2.35. The van der Waals surface area contributed by atoms with Crippen LogP contribution in [-0.2, 0) is 4.79 Å². The molecule has 3 rings (SSSR count). The molecule has 0 unspecified atom stereocenters. The van der Waals surface area contributed by atoms with E-state index >= 15 is 0 Å². The van der Waals surface area contributed by atoms with E-state index in [0.29, 0.717) is 10.7 Å². The predicted molar refractivity (Wildman–Crippen MR) is 86.3 cm³/mol. The summed E-state index contributed by atoms with van der Waals surface area (Å²) in [5.41, 5.74) is 0.787. The van der Waals surface area contributed by atoms with Crippen molar-refractivity contribution in [1.82, 2.24) is 5.01 Å². The summed E-state index contributed by atoms with van der Waals surface area (Å²) in [6, 6.07) is 5.71. The highest BCUT2D eigenvalue weighted by Gasteiger charge is 2.35. The minimum Gasteiger partial charge on any atom is -0.282 e. The van der Waals surface area contributed by atoms with Gasteiger partial charge in [0.15, 0.2) is 5.84 Å². The van der Waals surface area contributed by atoms with Crippen LogP contribution < -0.4 is 0 Å². The number of fused-ring (bicyclic) bond motifs is 1. The van der Waals surface area contributed by atoms with E-state index in [9.17, 15) is 9.18 Å². The summed E-state index contributed by atoms with van der Waals surface area (Å²) in [4.78, 5) is 16.1. The summed E-state index contributed by atoms with van der Waals surface area (Å²) >= 11 is 1.32. The average molecular weight is 316 g/mol. The lowest BCUT2D eigenvalue weighted by atomic mass is 10.1. The first-order valence-electron chi connectivity index (χ1n) is 6.83. The van der Waals surface area contributed by atoms with Gasteiger partial charge in [0.2, 0.25) is 5.17 Å². The quantitative estimate of drug-likeness (QED) is 0.870. The van der Waals surface area contributed by atoms with E-state index < -0.39 is 5.91 Å². The van der Waals surface area contributed by atoms with Gasteiger partial charge in [-0.25, -0.2) is 4.39 Å². The number of benzene rings is 1. The number of halogens is 1. The molecule has 0 saturated heterocycles. The molecule has 0 bridgehead atoms. The zero-order valence-electron chi connectivity index (χ0n) is 11.8. The Morgan fingerprint density at radius 1 is 1.36 bits per heavy atom. The molecule has 0 aliphatic carbocycles. The van der Waals surface area contributed by atoms with Gasteiger partial charge in [0.25, 0.3) is 5.91 Å². The number of hydrazone groups is 1. The van der Waals surface area contributed by atoms with Gasteiger partial charge in [-0.15, -0.1) is 0 Å². The van der Waals surface area contributed by atoms with Gasteiger partial charge in [-0.05, 0) is 48.4 Å². The highest BCUT2D eigenvalue weighted by atomic mass is 32.2. The number of thioether (sulfide) groups is 1. The Morgan fingerprint density at radius 3 is 2.77 bits per heavy atom. The zero-order chi connectivity index (χ0) is 15.7. The van der Waals surface area contributed by atoms with E-state index in [1.807, 2.05) is 6.92 Å². The van der Waals surface area contributed by atoms with Gasteiger partial charge in [-0.3, -0.25) is 10.2 Å². The molecule has 2 aliphatic heterocycles. The van der Waals surface area contributed by atoms with E-state index in [1.165, 1.54) is 35.0 Å². The maximum absolute atomic E-state index is 12.9. The van der Waals surface area contributed by atoms with Crippen molar-refractivity contribution in [2.75, 3.05) is 0 Å². The third kappa shape index (κ3) is 2.71. The van der Waals surface area contributed by atoms with Crippen LogP contribution in [0.15, 0.2) is 39.9 Å². The van der Waals surface area contributed by atoms with Gasteiger partial charge in [0.05, 0.1) is 5.57 Å². The Balaban J connectivity index is 1.93. The Morgan fingerprint density at radius 2 is 2.09 bits per heavy atom. The molecule has 7 heteroatoms. The van der Waals surface area contributed by atoms with E-state index in [-0.39, 0.29) is 17.2 Å². The Labute approximate surface area is 131 Å². The van der Waals surface area contributed by atoms with Gasteiger partial charge >= 0.3 is 0 Å². The number of aliphatic imine (C=N–C) groups is 1. The Kier molecular flexibility index (Phi) is 3.89. The smallest absolute Gasteiger partial charge is 0.282 e. The van der Waals surface area contributed by atoms with Crippen LogP contribution >= 0.6 is 11.8 Å². The standard InChI is InChI=1S/C15H13FN4OS/c1-2-3-12-19-20-13(17)11(14(21)18-15(20)22-12)8-9-4-6-10(16)7-5-9/h4-8,17H,2-3H2,1H3. The Bertz CT molecular complexity index is 736. The van der Waals surface area contributed by atoms with Crippen LogP contribution in [0, 0.1) is 11.2 Å². The van der Waals surface area contributed by atoms with Crippen molar-refractivity contribution < 1.29 is 9.18 Å². The van der Waals surface area contributed by atoms with Crippen molar-refractivity contribution >= 4 is 39.8 Å². The van der Waals surface area contributed by atoms with E-state index in [1.54, 1.807) is 12.1 Å². The van der Waals surface area contributed by atoms with Gasteiger partial charge in [0, 0.05) is 0 Å². The van der Waals surface area contributed by atoms with Crippen LogP contribution in [0.5, 0.6) is 0 Å². The molecule has 0 radical (unpaired) electrons. The number of rotatable bonds is 3. The molecule has 0 fully saturated rings. The van der Waals surface area contributed by atoms with Crippen LogP contribution in [-0.4, -0.2) is 27.0 Å². The first kappa shape index (κ1) is 14.6. The highest BCUT2D eigenvalue weighted by Crippen LogP contribution is 2.29. The fourth-order valence-electron chi connectivity index (χ4n) is 2.07. The third-order valence-corrected chi connectivity index (χ3v) is 4.11. The molecule has 0 aromatic heterocycles. The van der Waals surface area contributed by atoms with Crippen LogP contribution in [0.2, 0.25) is 0 Å². The lowest BCUT2D eigenvalue weighted by molar-refractivity contribution is -0.114. The fourth-order valence-corrected chi connectivity index (χ4v) is 3.06. The van der Waals surface area contributed by atoms with Crippen molar-refractivity contribution in [3.05, 3.63) is 41.2 Å². The largest absolute Gasteiger partial charge is 0.283 e. The van der Waals surface area contributed by atoms with Crippen molar-refractivity contribution in [3.63, 3.8) is 0 Å². The first-order chi connectivity index (χ1) is 10.6. The van der Waals surface area contributed by atoms with Gasteiger partial charge < -0.3 is 0 Å². The molecule has 112 valence electrons. The second kappa shape index (κ2) is 5.84. The molecule has 0 spiro atoms. The number of amides is 1. The molecule has 1 amide bonds. The summed E-state index contributed by atoms with van der Waals surface area (Å²) in [6.45, 7) is 2.04. The molecular weight excluding hydrogens is 303 g/mol. The van der Waals surface area contributed by atoms with Crippen LogP contribution in [0.25, 0.3) is 6.08 Å². The molecule has 22 heavy (non-hydrogen) atoms. The Hall–Kier alpha value is -2.28.